The summed E-state index contributed by atoms with van der Waals surface area (Å²) >= 11 is 0. The van der Waals surface area contributed by atoms with Crippen LogP contribution in [0.15, 0.2) is 97.1 Å². The van der Waals surface area contributed by atoms with Crippen molar-refractivity contribution in [2.75, 3.05) is 27.4 Å². The Labute approximate surface area is 256 Å². The van der Waals surface area contributed by atoms with Gasteiger partial charge in [0.1, 0.15) is 30.8 Å². The van der Waals surface area contributed by atoms with Crippen molar-refractivity contribution in [3.63, 3.8) is 0 Å². The summed E-state index contributed by atoms with van der Waals surface area (Å²) in [6.45, 7) is -0.120. The van der Waals surface area contributed by atoms with Crippen LogP contribution in [0.1, 0.15) is 28.2 Å². The molecule has 9 heteroatoms. The number of alkyl carbamates (subject to hydrolysis) is 1. The van der Waals surface area contributed by atoms with Crippen molar-refractivity contribution in [2.24, 2.45) is 0 Å². The molecule has 0 spiro atoms. The Morgan fingerprint density at radius 2 is 1.48 bits per heavy atom. The van der Waals surface area contributed by atoms with Crippen molar-refractivity contribution >= 4 is 18.0 Å². The number of esters is 1. The Kier molecular flexibility index (Phi) is 9.76. The van der Waals surface area contributed by atoms with Gasteiger partial charge >= 0.3 is 12.1 Å². The first-order valence-electron chi connectivity index (χ1n) is 14.3. The monoisotopic (exact) mass is 594 g/mol. The number of hydrogen-bond acceptors (Lipinski definition) is 7. The molecule has 1 aliphatic rings. The molecule has 0 fully saturated rings. The van der Waals surface area contributed by atoms with E-state index in [2.05, 4.69) is 22.8 Å². The molecule has 0 heterocycles. The normalized spacial score (nSPS) is 12.3. The van der Waals surface area contributed by atoms with Gasteiger partial charge in [-0.15, -0.1) is 0 Å². The van der Waals surface area contributed by atoms with Crippen LogP contribution in [0, 0.1) is 0 Å². The molecule has 0 bridgehead atoms. The predicted octanol–water partition coefficient (Wildman–Crippen LogP) is 5.01. The topological polar surface area (TPSA) is 112 Å². The van der Waals surface area contributed by atoms with E-state index in [1.165, 1.54) is 14.2 Å². The molecule has 9 nitrogen and oxygen atoms in total. The summed E-state index contributed by atoms with van der Waals surface area (Å²) in [6.07, 6.45) is -0.493. The molecule has 0 aliphatic heterocycles. The molecule has 0 saturated carbocycles. The smallest absolute Gasteiger partial charge is 0.407 e. The molecule has 226 valence electrons. The van der Waals surface area contributed by atoms with Gasteiger partial charge in [0, 0.05) is 31.0 Å². The van der Waals surface area contributed by atoms with Gasteiger partial charge in [-0.25, -0.2) is 9.59 Å². The number of hydrogen-bond donors (Lipinski definition) is 2. The quantitative estimate of drug-likeness (QED) is 0.222. The third kappa shape index (κ3) is 7.18. The number of carbonyl (C=O) groups is 3. The lowest BCUT2D eigenvalue weighted by Gasteiger charge is -2.20. The average molecular weight is 595 g/mol. The maximum atomic E-state index is 13.3. The zero-order chi connectivity index (χ0) is 30.9. The number of likely N-dealkylation sites (N-methyl/N-ethyl adjacent to an activating group) is 1. The van der Waals surface area contributed by atoms with Crippen molar-refractivity contribution in [2.45, 2.75) is 25.0 Å². The summed E-state index contributed by atoms with van der Waals surface area (Å²) in [4.78, 5) is 37.9. The molecular weight excluding hydrogens is 560 g/mol. The highest BCUT2D eigenvalue weighted by atomic mass is 16.6. The molecule has 0 aromatic heterocycles. The second-order valence-corrected chi connectivity index (χ2v) is 10.3. The first kappa shape index (κ1) is 30.2. The minimum atomic E-state index is -0.991. The Morgan fingerprint density at radius 3 is 2.14 bits per heavy atom. The maximum absolute atomic E-state index is 13.3. The van der Waals surface area contributed by atoms with E-state index >= 15 is 0 Å². The minimum absolute atomic E-state index is 0.102. The first-order valence-corrected chi connectivity index (χ1v) is 14.3. The van der Waals surface area contributed by atoms with Crippen molar-refractivity contribution in [1.29, 1.82) is 0 Å². The number of rotatable bonds is 12. The van der Waals surface area contributed by atoms with Gasteiger partial charge in [-0.3, -0.25) is 4.79 Å². The first-order chi connectivity index (χ1) is 21.5. The Hall–Kier alpha value is -5.31. The maximum Gasteiger partial charge on any atom is 0.407 e. The van der Waals surface area contributed by atoms with Crippen LogP contribution >= 0.6 is 0 Å². The molecule has 5 rings (SSSR count). The van der Waals surface area contributed by atoms with E-state index in [1.54, 1.807) is 18.2 Å². The van der Waals surface area contributed by atoms with Gasteiger partial charge in [0.15, 0.2) is 6.61 Å². The molecule has 2 amide bonds. The van der Waals surface area contributed by atoms with E-state index in [1.807, 2.05) is 66.7 Å². The molecule has 4 aromatic rings. The van der Waals surface area contributed by atoms with E-state index in [9.17, 15) is 14.4 Å². The molecule has 0 unspecified atom stereocenters. The standard InChI is InChI=1S/C35H34N2O7/c1-36-33(38)22-42-25-17-16-24(32(19-25)41-2)20-43-34(39)31(18-23-10-4-3-5-11-23)37-35(40)44-21-30-28-14-8-6-12-26(28)27-13-7-9-15-29(27)30/h3-17,19,30-31H,18,20-22H2,1-2H3,(H,36,38)(H,37,40)/t31-/m0/s1. The van der Waals surface area contributed by atoms with E-state index in [-0.39, 0.29) is 38.1 Å². The Balaban J connectivity index is 1.24. The van der Waals surface area contributed by atoms with Gasteiger partial charge in [-0.05, 0) is 39.9 Å². The number of fused-ring (bicyclic) bond motifs is 3. The summed E-state index contributed by atoms with van der Waals surface area (Å²) in [5.41, 5.74) is 5.89. The lowest BCUT2D eigenvalue weighted by molar-refractivity contribution is -0.147. The van der Waals surface area contributed by atoms with Gasteiger partial charge in [-0.2, -0.15) is 0 Å². The highest BCUT2D eigenvalue weighted by Gasteiger charge is 2.30. The van der Waals surface area contributed by atoms with E-state index in [0.717, 1.165) is 27.8 Å². The van der Waals surface area contributed by atoms with Crippen LogP contribution < -0.4 is 20.1 Å². The fourth-order valence-corrected chi connectivity index (χ4v) is 5.23. The Morgan fingerprint density at radius 1 is 0.818 bits per heavy atom. The van der Waals surface area contributed by atoms with Gasteiger partial charge < -0.3 is 29.6 Å². The summed E-state index contributed by atoms with van der Waals surface area (Å²) in [7, 11) is 3.01. The van der Waals surface area contributed by atoms with E-state index < -0.39 is 18.1 Å². The van der Waals surface area contributed by atoms with Gasteiger partial charge in [0.25, 0.3) is 5.91 Å². The zero-order valence-corrected chi connectivity index (χ0v) is 24.6. The van der Waals surface area contributed by atoms with Crippen LogP contribution in [0.5, 0.6) is 11.5 Å². The number of carbonyl (C=O) groups excluding carboxylic acids is 3. The molecule has 0 radical (unpaired) electrons. The number of amides is 2. The molecule has 4 aromatic carbocycles. The van der Waals surface area contributed by atoms with Gasteiger partial charge in [0.05, 0.1) is 7.11 Å². The van der Waals surface area contributed by atoms with Crippen LogP contribution in [0.3, 0.4) is 0 Å². The fourth-order valence-electron chi connectivity index (χ4n) is 5.23. The third-order valence-electron chi connectivity index (χ3n) is 7.48. The molecular formula is C35H34N2O7. The lowest BCUT2D eigenvalue weighted by Crippen LogP contribution is -2.43. The van der Waals surface area contributed by atoms with Crippen LogP contribution in [0.4, 0.5) is 4.79 Å². The number of benzene rings is 4. The van der Waals surface area contributed by atoms with Crippen molar-refractivity contribution < 1.29 is 33.3 Å². The molecule has 2 N–H and O–H groups in total. The van der Waals surface area contributed by atoms with E-state index in [4.69, 9.17) is 18.9 Å². The predicted molar refractivity (Wildman–Crippen MR) is 164 cm³/mol. The molecule has 44 heavy (non-hydrogen) atoms. The molecule has 1 aliphatic carbocycles. The van der Waals surface area contributed by atoms with Gasteiger partial charge in [0.2, 0.25) is 0 Å². The second kappa shape index (κ2) is 14.2. The van der Waals surface area contributed by atoms with Crippen LogP contribution in [-0.2, 0) is 32.1 Å². The highest BCUT2D eigenvalue weighted by molar-refractivity contribution is 5.82. The lowest BCUT2D eigenvalue weighted by atomic mass is 9.98. The summed E-state index contributed by atoms with van der Waals surface area (Å²) in [5.74, 6) is -0.140. The average Bonchev–Trinajstić information content (AvgIpc) is 3.38. The second-order valence-electron chi connectivity index (χ2n) is 10.3. The summed E-state index contributed by atoms with van der Waals surface area (Å²) < 4.78 is 22.2. The van der Waals surface area contributed by atoms with Crippen molar-refractivity contribution in [3.8, 4) is 22.6 Å². The number of ether oxygens (including phenoxy) is 4. The molecule has 0 saturated heterocycles. The molecule has 1 atom stereocenters. The Bertz CT molecular complexity index is 1580. The van der Waals surface area contributed by atoms with Gasteiger partial charge in [-0.1, -0.05) is 78.9 Å². The zero-order valence-electron chi connectivity index (χ0n) is 24.6. The summed E-state index contributed by atoms with van der Waals surface area (Å²) in [6, 6.07) is 29.5. The number of methoxy groups -OCH3 is 1. The van der Waals surface area contributed by atoms with Crippen molar-refractivity contribution in [1.82, 2.24) is 10.6 Å². The third-order valence-corrected chi connectivity index (χ3v) is 7.48. The fraction of sp³-hybridized carbons (Fsp3) is 0.229. The largest absolute Gasteiger partial charge is 0.496 e. The van der Waals surface area contributed by atoms with E-state index in [0.29, 0.717) is 17.1 Å². The SMILES string of the molecule is CNC(=O)COc1ccc(COC(=O)[C@H](Cc2ccccc2)NC(=O)OCC2c3ccccc3-c3ccccc32)c(OC)c1. The number of nitrogens with one attached hydrogen (secondary N) is 2. The van der Waals surface area contributed by atoms with Crippen LogP contribution in [0.25, 0.3) is 11.1 Å². The van der Waals surface area contributed by atoms with Crippen LogP contribution in [-0.4, -0.2) is 51.4 Å². The van der Waals surface area contributed by atoms with Crippen LogP contribution in [0.2, 0.25) is 0 Å². The minimum Gasteiger partial charge on any atom is -0.496 e. The van der Waals surface area contributed by atoms with Crippen molar-refractivity contribution in [3.05, 3.63) is 119 Å². The highest BCUT2D eigenvalue weighted by Crippen LogP contribution is 2.44. The summed E-state index contributed by atoms with van der Waals surface area (Å²) in [5, 5.41) is 5.21.